The minimum atomic E-state index is 0.153. The summed E-state index contributed by atoms with van der Waals surface area (Å²) in [5.74, 6) is 2.22. The number of fused-ring (bicyclic) bond motifs is 1. The lowest BCUT2D eigenvalue weighted by atomic mass is 10.1. The van der Waals surface area contributed by atoms with Crippen molar-refractivity contribution in [1.29, 1.82) is 0 Å². The zero-order valence-corrected chi connectivity index (χ0v) is 10.4. The van der Waals surface area contributed by atoms with Crippen molar-refractivity contribution in [1.82, 2.24) is 0 Å². The summed E-state index contributed by atoms with van der Waals surface area (Å²) in [4.78, 5) is 11.6. The summed E-state index contributed by atoms with van der Waals surface area (Å²) < 4.78 is 11.1. The zero-order chi connectivity index (χ0) is 12.3. The Morgan fingerprint density at radius 3 is 3.00 bits per heavy atom. The number of rotatable bonds is 4. The number of carbonyl (C=O) groups excluding carboxylic acids is 1. The van der Waals surface area contributed by atoms with E-state index in [2.05, 4.69) is 13.8 Å². The van der Waals surface area contributed by atoms with E-state index in [1.165, 1.54) is 0 Å². The topological polar surface area (TPSA) is 35.5 Å². The van der Waals surface area contributed by atoms with Crippen LogP contribution in [0.4, 0.5) is 0 Å². The number of ketones is 1. The van der Waals surface area contributed by atoms with Gasteiger partial charge in [-0.25, -0.2) is 0 Å². The van der Waals surface area contributed by atoms with Crippen LogP contribution < -0.4 is 9.47 Å². The molecule has 0 amide bonds. The van der Waals surface area contributed by atoms with Crippen molar-refractivity contribution in [2.24, 2.45) is 5.92 Å². The third kappa shape index (κ3) is 2.99. The van der Waals surface area contributed by atoms with Crippen LogP contribution in [0.25, 0.3) is 0 Å². The van der Waals surface area contributed by atoms with Crippen LogP contribution in [0.3, 0.4) is 0 Å². The van der Waals surface area contributed by atoms with Crippen molar-refractivity contribution in [3.05, 3.63) is 23.8 Å². The Balaban J connectivity index is 2.03. The number of carbonyl (C=O) groups is 1. The first-order valence-corrected chi connectivity index (χ1v) is 6.09. The summed E-state index contributed by atoms with van der Waals surface area (Å²) in [6.07, 6.45) is 1.50. The first-order valence-electron chi connectivity index (χ1n) is 6.09. The van der Waals surface area contributed by atoms with E-state index in [0.29, 0.717) is 36.9 Å². The molecular formula is C14H18O3. The van der Waals surface area contributed by atoms with Crippen molar-refractivity contribution in [2.45, 2.75) is 26.7 Å². The van der Waals surface area contributed by atoms with Crippen LogP contribution in [0.15, 0.2) is 18.2 Å². The van der Waals surface area contributed by atoms with E-state index in [4.69, 9.17) is 9.47 Å². The highest BCUT2D eigenvalue weighted by Crippen LogP contribution is 2.29. The molecule has 1 aromatic rings. The van der Waals surface area contributed by atoms with Gasteiger partial charge < -0.3 is 9.47 Å². The Morgan fingerprint density at radius 1 is 1.41 bits per heavy atom. The van der Waals surface area contributed by atoms with Gasteiger partial charge in [-0.1, -0.05) is 13.8 Å². The normalized spacial score (nSPS) is 14.4. The largest absolute Gasteiger partial charge is 0.493 e. The summed E-state index contributed by atoms with van der Waals surface area (Å²) in [5, 5.41) is 0. The molecule has 1 aromatic carbocycles. The molecule has 3 heteroatoms. The monoisotopic (exact) mass is 234 g/mol. The minimum absolute atomic E-state index is 0.153. The highest BCUT2D eigenvalue weighted by Gasteiger charge is 2.18. The average molecular weight is 234 g/mol. The van der Waals surface area contributed by atoms with Crippen LogP contribution in [0.5, 0.6) is 11.5 Å². The van der Waals surface area contributed by atoms with E-state index in [-0.39, 0.29) is 5.78 Å². The summed E-state index contributed by atoms with van der Waals surface area (Å²) in [6, 6.07) is 5.44. The van der Waals surface area contributed by atoms with Gasteiger partial charge in [0, 0.05) is 12.5 Å². The van der Waals surface area contributed by atoms with E-state index in [9.17, 15) is 4.79 Å². The maximum atomic E-state index is 11.6. The van der Waals surface area contributed by atoms with Gasteiger partial charge in [-0.05, 0) is 24.5 Å². The molecule has 0 atom stereocenters. The van der Waals surface area contributed by atoms with Gasteiger partial charge in [0.25, 0.3) is 0 Å². The summed E-state index contributed by atoms with van der Waals surface area (Å²) in [5.41, 5.74) is 0.674. The fourth-order valence-corrected chi connectivity index (χ4v) is 1.74. The maximum Gasteiger partial charge on any atom is 0.169 e. The number of hydrogen-bond acceptors (Lipinski definition) is 3. The molecule has 0 unspecified atom stereocenters. The molecule has 92 valence electrons. The van der Waals surface area contributed by atoms with E-state index in [0.717, 1.165) is 12.2 Å². The molecule has 3 nitrogen and oxygen atoms in total. The van der Waals surface area contributed by atoms with Crippen molar-refractivity contribution < 1.29 is 14.3 Å². The van der Waals surface area contributed by atoms with Crippen molar-refractivity contribution in [3.63, 3.8) is 0 Å². The zero-order valence-electron chi connectivity index (χ0n) is 10.4. The highest BCUT2D eigenvalue weighted by molar-refractivity contribution is 5.99. The maximum absolute atomic E-state index is 11.6. The predicted molar refractivity (Wildman–Crippen MR) is 65.8 cm³/mol. The van der Waals surface area contributed by atoms with E-state index in [1.807, 2.05) is 12.1 Å². The molecule has 0 aromatic heterocycles. The molecule has 0 spiro atoms. The van der Waals surface area contributed by atoms with Gasteiger partial charge in [0.2, 0.25) is 0 Å². The van der Waals surface area contributed by atoms with Crippen molar-refractivity contribution >= 4 is 5.78 Å². The number of Topliss-reactive ketones (excluding diaryl/α,β-unsaturated/α-hetero) is 1. The Labute approximate surface area is 102 Å². The Bertz CT molecular complexity index is 410. The SMILES string of the molecule is CC(C)CCOc1ccc2c(c1)OCCC2=O. The van der Waals surface area contributed by atoms with Crippen LogP contribution in [-0.4, -0.2) is 19.0 Å². The molecule has 17 heavy (non-hydrogen) atoms. The Kier molecular flexibility index (Phi) is 3.67. The van der Waals surface area contributed by atoms with Gasteiger partial charge in [-0.2, -0.15) is 0 Å². The Hall–Kier alpha value is -1.51. The van der Waals surface area contributed by atoms with Gasteiger partial charge in [-0.3, -0.25) is 4.79 Å². The molecule has 0 fully saturated rings. The van der Waals surface area contributed by atoms with Crippen LogP contribution >= 0.6 is 0 Å². The van der Waals surface area contributed by atoms with Crippen LogP contribution in [-0.2, 0) is 0 Å². The lowest BCUT2D eigenvalue weighted by molar-refractivity contribution is 0.0933. The molecule has 2 rings (SSSR count). The minimum Gasteiger partial charge on any atom is -0.493 e. The molecule has 1 heterocycles. The smallest absolute Gasteiger partial charge is 0.169 e. The quantitative estimate of drug-likeness (QED) is 0.803. The van der Waals surface area contributed by atoms with E-state index >= 15 is 0 Å². The van der Waals surface area contributed by atoms with Crippen LogP contribution in [0, 0.1) is 5.92 Å². The van der Waals surface area contributed by atoms with Gasteiger partial charge in [0.05, 0.1) is 18.8 Å². The van der Waals surface area contributed by atoms with Gasteiger partial charge >= 0.3 is 0 Å². The third-order valence-corrected chi connectivity index (χ3v) is 2.80. The molecule has 0 radical (unpaired) electrons. The second-order valence-corrected chi connectivity index (χ2v) is 4.71. The van der Waals surface area contributed by atoms with Gasteiger partial charge in [0.1, 0.15) is 11.5 Å². The van der Waals surface area contributed by atoms with Gasteiger partial charge in [0.15, 0.2) is 5.78 Å². The first kappa shape index (κ1) is 12.0. The summed E-state index contributed by atoms with van der Waals surface area (Å²) >= 11 is 0. The van der Waals surface area contributed by atoms with Crippen molar-refractivity contribution in [3.8, 4) is 11.5 Å². The van der Waals surface area contributed by atoms with Crippen LogP contribution in [0.2, 0.25) is 0 Å². The standard InChI is InChI=1S/C14H18O3/c1-10(2)5-7-16-11-3-4-12-13(15)6-8-17-14(12)9-11/h3-4,9-10H,5-8H2,1-2H3. The van der Waals surface area contributed by atoms with Gasteiger partial charge in [-0.15, -0.1) is 0 Å². The lowest BCUT2D eigenvalue weighted by Crippen LogP contribution is -2.15. The lowest BCUT2D eigenvalue weighted by Gasteiger charge is -2.17. The van der Waals surface area contributed by atoms with E-state index < -0.39 is 0 Å². The molecule has 0 aliphatic carbocycles. The molecule has 1 aliphatic heterocycles. The number of hydrogen-bond donors (Lipinski definition) is 0. The summed E-state index contributed by atoms with van der Waals surface area (Å²) in [7, 11) is 0. The number of ether oxygens (including phenoxy) is 2. The predicted octanol–water partition coefficient (Wildman–Crippen LogP) is 3.08. The van der Waals surface area contributed by atoms with E-state index in [1.54, 1.807) is 6.07 Å². The molecular weight excluding hydrogens is 216 g/mol. The fourth-order valence-electron chi connectivity index (χ4n) is 1.74. The van der Waals surface area contributed by atoms with Crippen LogP contribution in [0.1, 0.15) is 37.0 Å². The number of benzene rings is 1. The highest BCUT2D eigenvalue weighted by atomic mass is 16.5. The second kappa shape index (κ2) is 5.21. The molecule has 1 aliphatic rings. The first-order chi connectivity index (χ1) is 8.16. The second-order valence-electron chi connectivity index (χ2n) is 4.71. The molecule has 0 saturated carbocycles. The summed E-state index contributed by atoms with van der Waals surface area (Å²) in [6.45, 7) is 5.50. The molecule has 0 saturated heterocycles. The molecule has 0 bridgehead atoms. The molecule has 0 N–H and O–H groups in total. The third-order valence-electron chi connectivity index (χ3n) is 2.80. The van der Waals surface area contributed by atoms with Crippen molar-refractivity contribution in [2.75, 3.05) is 13.2 Å². The fraction of sp³-hybridized carbons (Fsp3) is 0.500. The Morgan fingerprint density at radius 2 is 2.24 bits per heavy atom. The average Bonchev–Trinajstić information content (AvgIpc) is 2.29.